The standard InChI is InChI=1S/C19H22FN3O2/c1-3-15-12(2)21-17(13-7-6-8-14(20)11-13)22-18(15)23-10-5-4-9-16(23)19(24)25/h6-8,11,16H,3-5,9-10H2,1-2H3,(H,24,25). The number of benzene rings is 1. The van der Waals surface area contributed by atoms with Crippen molar-refractivity contribution < 1.29 is 14.3 Å². The maximum absolute atomic E-state index is 13.6. The van der Waals surface area contributed by atoms with Gasteiger partial charge < -0.3 is 10.0 Å². The van der Waals surface area contributed by atoms with E-state index in [1.54, 1.807) is 12.1 Å². The zero-order valence-electron chi connectivity index (χ0n) is 14.5. The molecular formula is C19H22FN3O2. The van der Waals surface area contributed by atoms with Crippen molar-refractivity contribution in [2.24, 2.45) is 0 Å². The third-order valence-corrected chi connectivity index (χ3v) is 4.69. The first-order valence-corrected chi connectivity index (χ1v) is 8.64. The first-order valence-electron chi connectivity index (χ1n) is 8.64. The van der Waals surface area contributed by atoms with Crippen LogP contribution in [0.15, 0.2) is 24.3 Å². The van der Waals surface area contributed by atoms with E-state index in [1.807, 2.05) is 18.7 Å². The number of halogens is 1. The van der Waals surface area contributed by atoms with Crippen LogP contribution in [0.25, 0.3) is 11.4 Å². The average molecular weight is 343 g/mol. The molecule has 1 fully saturated rings. The molecule has 1 saturated heterocycles. The van der Waals surface area contributed by atoms with E-state index in [-0.39, 0.29) is 5.82 Å². The molecule has 1 unspecified atom stereocenters. The number of aliphatic carboxylic acids is 1. The Bertz CT molecular complexity index is 794. The largest absolute Gasteiger partial charge is 0.480 e. The summed E-state index contributed by atoms with van der Waals surface area (Å²) in [4.78, 5) is 22.8. The number of aromatic nitrogens is 2. The molecule has 0 saturated carbocycles. The quantitative estimate of drug-likeness (QED) is 0.919. The van der Waals surface area contributed by atoms with Gasteiger partial charge in [-0.15, -0.1) is 0 Å². The molecule has 3 rings (SSSR count). The molecule has 1 atom stereocenters. The van der Waals surface area contributed by atoms with Crippen LogP contribution in [-0.4, -0.2) is 33.6 Å². The number of carbonyl (C=O) groups is 1. The predicted octanol–water partition coefficient (Wildman–Crippen LogP) is 3.60. The van der Waals surface area contributed by atoms with Crippen molar-refractivity contribution in [1.29, 1.82) is 0 Å². The molecular weight excluding hydrogens is 321 g/mol. The number of nitrogens with zero attached hydrogens (tertiary/aromatic N) is 3. The van der Waals surface area contributed by atoms with Gasteiger partial charge in [0.1, 0.15) is 17.7 Å². The van der Waals surface area contributed by atoms with Crippen molar-refractivity contribution in [3.05, 3.63) is 41.3 Å². The van der Waals surface area contributed by atoms with Gasteiger partial charge in [-0.2, -0.15) is 0 Å². The fraction of sp³-hybridized carbons (Fsp3) is 0.421. The maximum Gasteiger partial charge on any atom is 0.326 e. The zero-order valence-corrected chi connectivity index (χ0v) is 14.5. The topological polar surface area (TPSA) is 66.3 Å². The van der Waals surface area contributed by atoms with E-state index in [0.717, 1.165) is 24.1 Å². The number of carboxylic acids is 1. The third kappa shape index (κ3) is 3.48. The number of aryl methyl sites for hydroxylation is 1. The van der Waals surface area contributed by atoms with Crippen molar-refractivity contribution in [1.82, 2.24) is 9.97 Å². The Balaban J connectivity index is 2.12. The molecule has 25 heavy (non-hydrogen) atoms. The van der Waals surface area contributed by atoms with Crippen LogP contribution < -0.4 is 4.90 Å². The molecule has 2 aromatic rings. The highest BCUT2D eigenvalue weighted by atomic mass is 19.1. The van der Waals surface area contributed by atoms with Crippen LogP contribution in [-0.2, 0) is 11.2 Å². The van der Waals surface area contributed by atoms with Crippen molar-refractivity contribution in [2.75, 3.05) is 11.4 Å². The lowest BCUT2D eigenvalue weighted by Gasteiger charge is -2.35. The summed E-state index contributed by atoms with van der Waals surface area (Å²) in [5.74, 6) is -0.0770. The summed E-state index contributed by atoms with van der Waals surface area (Å²) < 4.78 is 13.6. The number of rotatable bonds is 4. The summed E-state index contributed by atoms with van der Waals surface area (Å²) in [5, 5.41) is 9.59. The third-order valence-electron chi connectivity index (χ3n) is 4.69. The van der Waals surface area contributed by atoms with Gasteiger partial charge in [-0.3, -0.25) is 0 Å². The van der Waals surface area contributed by atoms with Gasteiger partial charge >= 0.3 is 5.97 Å². The van der Waals surface area contributed by atoms with Crippen molar-refractivity contribution >= 4 is 11.8 Å². The molecule has 1 aliphatic heterocycles. The highest BCUT2D eigenvalue weighted by molar-refractivity contribution is 5.78. The molecule has 1 aromatic carbocycles. The Morgan fingerprint density at radius 3 is 2.84 bits per heavy atom. The smallest absolute Gasteiger partial charge is 0.326 e. The summed E-state index contributed by atoms with van der Waals surface area (Å²) in [6.07, 6.45) is 3.16. The predicted molar refractivity (Wildman–Crippen MR) is 94.2 cm³/mol. The monoisotopic (exact) mass is 343 g/mol. The summed E-state index contributed by atoms with van der Waals surface area (Å²) in [7, 11) is 0. The number of hydrogen-bond acceptors (Lipinski definition) is 4. The summed E-state index contributed by atoms with van der Waals surface area (Å²) in [5.41, 5.74) is 2.35. The van der Waals surface area contributed by atoms with E-state index in [2.05, 4.69) is 9.97 Å². The fourth-order valence-corrected chi connectivity index (χ4v) is 3.43. The lowest BCUT2D eigenvalue weighted by atomic mass is 10.0. The molecule has 0 spiro atoms. The Morgan fingerprint density at radius 2 is 2.16 bits per heavy atom. The van der Waals surface area contributed by atoms with Crippen LogP contribution in [0.3, 0.4) is 0 Å². The van der Waals surface area contributed by atoms with Crippen LogP contribution in [0.2, 0.25) is 0 Å². The Morgan fingerprint density at radius 1 is 1.36 bits per heavy atom. The minimum atomic E-state index is -0.828. The Labute approximate surface area is 146 Å². The maximum atomic E-state index is 13.6. The second-order valence-electron chi connectivity index (χ2n) is 6.34. The number of hydrogen-bond donors (Lipinski definition) is 1. The highest BCUT2D eigenvalue weighted by Gasteiger charge is 2.31. The summed E-state index contributed by atoms with van der Waals surface area (Å²) >= 11 is 0. The fourth-order valence-electron chi connectivity index (χ4n) is 3.43. The van der Waals surface area contributed by atoms with E-state index in [9.17, 15) is 14.3 Å². The SMILES string of the molecule is CCc1c(C)nc(-c2cccc(F)c2)nc1N1CCCCC1C(=O)O. The highest BCUT2D eigenvalue weighted by Crippen LogP contribution is 2.30. The summed E-state index contributed by atoms with van der Waals surface area (Å²) in [6.45, 7) is 4.56. The zero-order chi connectivity index (χ0) is 18.0. The van der Waals surface area contributed by atoms with Crippen molar-refractivity contribution in [3.63, 3.8) is 0 Å². The molecule has 0 radical (unpaired) electrons. The lowest BCUT2D eigenvalue weighted by Crippen LogP contribution is -2.45. The molecule has 1 N–H and O–H groups in total. The molecule has 5 nitrogen and oxygen atoms in total. The van der Waals surface area contributed by atoms with Gasteiger partial charge in [0, 0.05) is 23.4 Å². The van der Waals surface area contributed by atoms with Gasteiger partial charge in [-0.1, -0.05) is 19.1 Å². The van der Waals surface area contributed by atoms with Crippen LogP contribution in [0, 0.1) is 12.7 Å². The first-order chi connectivity index (χ1) is 12.0. The van der Waals surface area contributed by atoms with E-state index < -0.39 is 12.0 Å². The van der Waals surface area contributed by atoms with E-state index in [1.165, 1.54) is 12.1 Å². The lowest BCUT2D eigenvalue weighted by molar-refractivity contribution is -0.139. The van der Waals surface area contributed by atoms with Gasteiger partial charge in [0.05, 0.1) is 0 Å². The van der Waals surface area contributed by atoms with Crippen LogP contribution >= 0.6 is 0 Å². The minimum Gasteiger partial charge on any atom is -0.480 e. The normalized spacial score (nSPS) is 17.6. The second-order valence-corrected chi connectivity index (χ2v) is 6.34. The molecule has 1 aromatic heterocycles. The first kappa shape index (κ1) is 17.3. The number of anilines is 1. The average Bonchev–Trinajstić information content (AvgIpc) is 2.61. The van der Waals surface area contributed by atoms with Gasteiger partial charge in [0.2, 0.25) is 0 Å². The second kappa shape index (κ2) is 7.17. The van der Waals surface area contributed by atoms with Crippen molar-refractivity contribution in [2.45, 2.75) is 45.6 Å². The molecule has 6 heteroatoms. The van der Waals surface area contributed by atoms with Gasteiger partial charge in [-0.05, 0) is 44.7 Å². The molecule has 2 heterocycles. The molecule has 0 aliphatic carbocycles. The molecule has 0 bridgehead atoms. The molecule has 132 valence electrons. The van der Waals surface area contributed by atoms with Gasteiger partial charge in [0.15, 0.2) is 5.82 Å². The van der Waals surface area contributed by atoms with Crippen LogP contribution in [0.5, 0.6) is 0 Å². The summed E-state index contributed by atoms with van der Waals surface area (Å²) in [6, 6.07) is 5.59. The van der Waals surface area contributed by atoms with E-state index >= 15 is 0 Å². The Hall–Kier alpha value is -2.50. The van der Waals surface area contributed by atoms with E-state index in [0.29, 0.717) is 36.6 Å². The van der Waals surface area contributed by atoms with Gasteiger partial charge in [0.25, 0.3) is 0 Å². The molecule has 1 aliphatic rings. The van der Waals surface area contributed by atoms with Crippen molar-refractivity contribution in [3.8, 4) is 11.4 Å². The molecule has 0 amide bonds. The number of piperidine rings is 1. The van der Waals surface area contributed by atoms with Crippen LogP contribution in [0.1, 0.15) is 37.4 Å². The Kier molecular flexibility index (Phi) is 4.97. The minimum absolute atomic E-state index is 0.346. The van der Waals surface area contributed by atoms with E-state index in [4.69, 9.17) is 0 Å². The number of carboxylic acid groups (broad SMARTS) is 1. The van der Waals surface area contributed by atoms with Crippen LogP contribution in [0.4, 0.5) is 10.2 Å². The van der Waals surface area contributed by atoms with Gasteiger partial charge in [-0.25, -0.2) is 19.2 Å².